The van der Waals surface area contributed by atoms with Gasteiger partial charge in [0.25, 0.3) is 0 Å². The van der Waals surface area contributed by atoms with Crippen LogP contribution in [0, 0.1) is 5.92 Å². The zero-order chi connectivity index (χ0) is 24.2. The summed E-state index contributed by atoms with van der Waals surface area (Å²) in [7, 11) is 0. The minimum absolute atomic E-state index is 0.000220. The number of hydrogen-bond acceptors (Lipinski definition) is 5. The summed E-state index contributed by atoms with van der Waals surface area (Å²) < 4.78 is 5.53. The Hall–Kier alpha value is -3.39. The summed E-state index contributed by atoms with van der Waals surface area (Å²) >= 11 is 0. The summed E-state index contributed by atoms with van der Waals surface area (Å²) in [5, 5.41) is 21.7. The fraction of sp³-hybridized carbons (Fsp3) is 0.423. The molecule has 8 nitrogen and oxygen atoms in total. The molecule has 2 aliphatic rings. The van der Waals surface area contributed by atoms with E-state index < -0.39 is 24.2 Å². The predicted molar refractivity (Wildman–Crippen MR) is 125 cm³/mol. The smallest absolute Gasteiger partial charge is 0.407 e. The van der Waals surface area contributed by atoms with Gasteiger partial charge in [-0.25, -0.2) is 9.59 Å². The van der Waals surface area contributed by atoms with Gasteiger partial charge in [0.05, 0.1) is 6.10 Å². The highest BCUT2D eigenvalue weighted by Gasteiger charge is 2.38. The van der Waals surface area contributed by atoms with Crippen LogP contribution >= 0.6 is 0 Å². The molecule has 0 radical (unpaired) electrons. The van der Waals surface area contributed by atoms with Gasteiger partial charge in [-0.2, -0.15) is 0 Å². The molecule has 2 aromatic rings. The number of alkyl carbamates (subject to hydrolysis) is 1. The Kier molecular flexibility index (Phi) is 7.17. The number of aliphatic carboxylic acids is 1. The number of aliphatic hydroxyl groups is 1. The molecule has 0 bridgehead atoms. The Morgan fingerprint density at radius 2 is 1.71 bits per heavy atom. The van der Waals surface area contributed by atoms with Crippen LogP contribution < -0.4 is 5.32 Å². The lowest BCUT2D eigenvalue weighted by Crippen LogP contribution is -2.40. The molecule has 3 atom stereocenters. The SMILES string of the molecule is CC(CCC(=O)N1C[C@H](O)C[C@@H]1C(=O)O)CNC(=O)OCC1c2ccccc2-c2ccccc21. The summed E-state index contributed by atoms with van der Waals surface area (Å²) in [6.45, 7) is 2.53. The first-order valence-electron chi connectivity index (χ1n) is 11.6. The standard InChI is InChI=1S/C26H30N2O6/c1-16(10-11-24(30)28-14-17(29)12-23(28)25(31)32)13-27-26(33)34-15-22-20-8-4-2-6-18(20)19-7-3-5-9-21(19)22/h2-9,16-17,22-23,29H,10-15H2,1H3,(H,27,33)(H,31,32)/t16?,17-,23-/m1/s1. The normalized spacial score (nSPS) is 19.9. The molecule has 34 heavy (non-hydrogen) atoms. The van der Waals surface area contributed by atoms with Crippen molar-refractivity contribution < 1.29 is 29.3 Å². The van der Waals surface area contributed by atoms with Gasteiger partial charge in [-0.1, -0.05) is 55.5 Å². The highest BCUT2D eigenvalue weighted by atomic mass is 16.5. The second kappa shape index (κ2) is 10.3. The number of β-amino-alcohol motifs (C(OH)–C–C–N with tert-alkyl or cyclic N) is 1. The van der Waals surface area contributed by atoms with Crippen LogP contribution in [0.2, 0.25) is 0 Å². The molecule has 0 aromatic heterocycles. The second-order valence-electron chi connectivity index (χ2n) is 9.14. The van der Waals surface area contributed by atoms with E-state index in [-0.39, 0.29) is 43.7 Å². The zero-order valence-corrected chi connectivity index (χ0v) is 19.1. The lowest BCUT2D eigenvalue weighted by Gasteiger charge is -2.22. The number of aliphatic hydroxyl groups excluding tert-OH is 1. The highest BCUT2D eigenvalue weighted by molar-refractivity contribution is 5.84. The number of ether oxygens (including phenoxy) is 1. The third-order valence-corrected chi connectivity index (χ3v) is 6.67. The van der Waals surface area contributed by atoms with Crippen molar-refractivity contribution in [3.05, 3.63) is 59.7 Å². The van der Waals surface area contributed by atoms with Gasteiger partial charge in [0.2, 0.25) is 5.91 Å². The monoisotopic (exact) mass is 466 g/mol. The molecular weight excluding hydrogens is 436 g/mol. The van der Waals surface area contributed by atoms with E-state index in [4.69, 9.17) is 4.74 Å². The number of rotatable bonds is 8. The molecule has 8 heteroatoms. The molecule has 3 N–H and O–H groups in total. The molecule has 180 valence electrons. The van der Waals surface area contributed by atoms with E-state index in [0.717, 1.165) is 11.1 Å². The summed E-state index contributed by atoms with van der Waals surface area (Å²) in [5.74, 6) is -1.40. The van der Waals surface area contributed by atoms with Crippen molar-refractivity contribution in [3.8, 4) is 11.1 Å². The second-order valence-corrected chi connectivity index (χ2v) is 9.14. The van der Waals surface area contributed by atoms with Crippen molar-refractivity contribution in [3.63, 3.8) is 0 Å². The first kappa shape index (κ1) is 23.8. The number of likely N-dealkylation sites (tertiary alicyclic amines) is 1. The van der Waals surface area contributed by atoms with Crippen LogP contribution in [0.5, 0.6) is 0 Å². The molecule has 1 saturated heterocycles. The minimum Gasteiger partial charge on any atom is -0.480 e. The van der Waals surface area contributed by atoms with E-state index in [2.05, 4.69) is 29.6 Å². The molecule has 0 saturated carbocycles. The third kappa shape index (κ3) is 5.07. The number of nitrogens with zero attached hydrogens (tertiary/aromatic N) is 1. The van der Waals surface area contributed by atoms with Crippen LogP contribution in [0.1, 0.15) is 43.2 Å². The molecule has 1 aliphatic heterocycles. The number of carbonyl (C=O) groups is 3. The maximum absolute atomic E-state index is 12.4. The number of carboxylic acid groups (broad SMARTS) is 1. The fourth-order valence-corrected chi connectivity index (χ4v) is 4.85. The zero-order valence-electron chi connectivity index (χ0n) is 19.1. The maximum Gasteiger partial charge on any atom is 0.407 e. The third-order valence-electron chi connectivity index (χ3n) is 6.67. The first-order chi connectivity index (χ1) is 16.3. The van der Waals surface area contributed by atoms with Crippen molar-refractivity contribution in [2.45, 2.75) is 44.2 Å². The summed E-state index contributed by atoms with van der Waals surface area (Å²) in [4.78, 5) is 37.3. The van der Waals surface area contributed by atoms with Gasteiger partial charge in [-0.05, 0) is 34.6 Å². The maximum atomic E-state index is 12.4. The fourth-order valence-electron chi connectivity index (χ4n) is 4.85. The molecule has 2 aromatic carbocycles. The van der Waals surface area contributed by atoms with E-state index in [1.54, 1.807) is 0 Å². The minimum atomic E-state index is -1.10. The number of nitrogens with one attached hydrogen (secondary N) is 1. The molecule has 1 unspecified atom stereocenters. The van der Waals surface area contributed by atoms with Crippen molar-refractivity contribution >= 4 is 18.0 Å². The van der Waals surface area contributed by atoms with E-state index >= 15 is 0 Å². The van der Waals surface area contributed by atoms with Crippen molar-refractivity contribution in [2.24, 2.45) is 5.92 Å². The largest absolute Gasteiger partial charge is 0.480 e. The van der Waals surface area contributed by atoms with E-state index in [0.29, 0.717) is 13.0 Å². The van der Waals surface area contributed by atoms with Crippen molar-refractivity contribution in [1.29, 1.82) is 0 Å². The number of carbonyl (C=O) groups excluding carboxylic acids is 2. The van der Waals surface area contributed by atoms with E-state index in [1.807, 2.05) is 31.2 Å². The van der Waals surface area contributed by atoms with Crippen molar-refractivity contribution in [2.75, 3.05) is 19.7 Å². The highest BCUT2D eigenvalue weighted by Crippen LogP contribution is 2.44. The van der Waals surface area contributed by atoms with Gasteiger partial charge in [0.15, 0.2) is 0 Å². The van der Waals surface area contributed by atoms with Gasteiger partial charge in [-0.15, -0.1) is 0 Å². The van der Waals surface area contributed by atoms with Crippen LogP contribution in [-0.2, 0) is 14.3 Å². The van der Waals surface area contributed by atoms with Gasteiger partial charge in [-0.3, -0.25) is 4.79 Å². The van der Waals surface area contributed by atoms with Crippen LogP contribution in [0.3, 0.4) is 0 Å². The number of hydrogen-bond donors (Lipinski definition) is 3. The molecule has 0 spiro atoms. The lowest BCUT2D eigenvalue weighted by molar-refractivity contribution is -0.148. The Labute approximate surface area is 198 Å². The van der Waals surface area contributed by atoms with Gasteiger partial charge >= 0.3 is 12.1 Å². The summed E-state index contributed by atoms with van der Waals surface area (Å²) in [6, 6.07) is 15.3. The number of fused-ring (bicyclic) bond motifs is 3. The van der Waals surface area contributed by atoms with Gasteiger partial charge in [0.1, 0.15) is 12.6 Å². The van der Waals surface area contributed by atoms with Crippen LogP contribution in [0.15, 0.2) is 48.5 Å². The number of benzene rings is 2. The van der Waals surface area contributed by atoms with E-state index in [9.17, 15) is 24.6 Å². The Morgan fingerprint density at radius 1 is 1.09 bits per heavy atom. The molecular formula is C26H30N2O6. The Bertz CT molecular complexity index is 1030. The van der Waals surface area contributed by atoms with Crippen LogP contribution in [0.25, 0.3) is 11.1 Å². The van der Waals surface area contributed by atoms with Crippen LogP contribution in [-0.4, -0.2) is 64.9 Å². The lowest BCUT2D eigenvalue weighted by atomic mass is 9.98. The van der Waals surface area contributed by atoms with Gasteiger partial charge < -0.3 is 25.2 Å². The number of carboxylic acids is 1. The van der Waals surface area contributed by atoms with Crippen LogP contribution in [0.4, 0.5) is 4.79 Å². The van der Waals surface area contributed by atoms with Gasteiger partial charge in [0, 0.05) is 31.8 Å². The Morgan fingerprint density at radius 3 is 2.32 bits per heavy atom. The molecule has 2 amide bonds. The van der Waals surface area contributed by atoms with Crippen molar-refractivity contribution in [1.82, 2.24) is 10.2 Å². The molecule has 4 rings (SSSR count). The first-order valence-corrected chi connectivity index (χ1v) is 11.6. The average molecular weight is 467 g/mol. The quantitative estimate of drug-likeness (QED) is 0.551. The molecule has 1 aliphatic carbocycles. The average Bonchev–Trinajstić information content (AvgIpc) is 3.38. The summed E-state index contributed by atoms with van der Waals surface area (Å²) in [6.07, 6.45) is -0.614. The predicted octanol–water partition coefficient (Wildman–Crippen LogP) is 2.99. The Balaban J connectivity index is 1.23. The number of amides is 2. The molecule has 1 fully saturated rings. The molecule has 1 heterocycles. The van der Waals surface area contributed by atoms with E-state index in [1.165, 1.54) is 16.0 Å². The summed E-state index contributed by atoms with van der Waals surface area (Å²) in [5.41, 5.74) is 4.63. The topological polar surface area (TPSA) is 116 Å².